The molecule has 0 spiro atoms. The Balaban J connectivity index is 1.50. The van der Waals surface area contributed by atoms with Crippen LogP contribution in [0.2, 0.25) is 0 Å². The van der Waals surface area contributed by atoms with Crippen molar-refractivity contribution in [2.45, 2.75) is 25.3 Å². The number of hydrogen-bond donors (Lipinski definition) is 1. The highest BCUT2D eigenvalue weighted by Crippen LogP contribution is 2.18. The van der Waals surface area contributed by atoms with Crippen LogP contribution in [0.15, 0.2) is 53.6 Å². The molecule has 7 nitrogen and oxygen atoms in total. The number of carbonyl (C=O) groups excluding carboxylic acids is 1. The van der Waals surface area contributed by atoms with E-state index < -0.39 is 0 Å². The monoisotopic (exact) mass is 349 g/mol. The fourth-order valence-electron chi connectivity index (χ4n) is 3.29. The summed E-state index contributed by atoms with van der Waals surface area (Å²) >= 11 is 0. The van der Waals surface area contributed by atoms with E-state index in [-0.39, 0.29) is 17.5 Å². The quantitative estimate of drug-likeness (QED) is 0.772. The number of fused-ring (bicyclic) bond motifs is 1. The minimum Gasteiger partial charge on any atom is -0.349 e. The zero-order chi connectivity index (χ0) is 18.1. The summed E-state index contributed by atoms with van der Waals surface area (Å²) in [6, 6.07) is 10.8. The normalized spacial score (nSPS) is 16.1. The summed E-state index contributed by atoms with van der Waals surface area (Å²) in [7, 11) is 1.66. The average molecular weight is 349 g/mol. The summed E-state index contributed by atoms with van der Waals surface area (Å²) in [6.07, 6.45) is 5.72. The Labute approximate surface area is 150 Å². The van der Waals surface area contributed by atoms with Crippen LogP contribution in [-0.4, -0.2) is 31.5 Å². The lowest BCUT2D eigenvalue weighted by Gasteiger charge is -2.25. The number of aryl methyl sites for hydroxylation is 2. The van der Waals surface area contributed by atoms with Crippen LogP contribution in [0.4, 0.5) is 0 Å². The molecule has 1 aliphatic carbocycles. The predicted molar refractivity (Wildman–Crippen MR) is 96.3 cm³/mol. The minimum atomic E-state index is -0.123. The van der Waals surface area contributed by atoms with Crippen molar-refractivity contribution in [3.63, 3.8) is 0 Å². The molecule has 7 heteroatoms. The van der Waals surface area contributed by atoms with Crippen LogP contribution >= 0.6 is 0 Å². The average Bonchev–Trinajstić information content (AvgIpc) is 3.18. The number of nitrogens with zero attached hydrogens (tertiary/aromatic N) is 4. The number of amides is 1. The fourth-order valence-corrected chi connectivity index (χ4v) is 3.29. The van der Waals surface area contributed by atoms with Crippen molar-refractivity contribution in [1.82, 2.24) is 24.9 Å². The minimum absolute atomic E-state index is 0.00253. The Bertz CT molecular complexity index is 1010. The van der Waals surface area contributed by atoms with E-state index in [1.54, 1.807) is 30.1 Å². The topological polar surface area (TPSA) is 81.8 Å². The maximum atomic E-state index is 12.6. The van der Waals surface area contributed by atoms with Crippen molar-refractivity contribution in [3.05, 3.63) is 76.0 Å². The molecule has 1 aliphatic rings. The van der Waals surface area contributed by atoms with Gasteiger partial charge >= 0.3 is 0 Å². The number of aromatic nitrogens is 4. The third-order valence-corrected chi connectivity index (χ3v) is 4.67. The third kappa shape index (κ3) is 3.15. The second-order valence-corrected chi connectivity index (χ2v) is 6.49. The van der Waals surface area contributed by atoms with E-state index in [0.717, 1.165) is 29.8 Å². The predicted octanol–water partition coefficient (Wildman–Crippen LogP) is 1.25. The SMILES string of the molecule is Cn1nc2c(cc1=O)CC(NC(=O)c1cccc(-n3cccn3)c1)CC2. The number of benzene rings is 1. The Morgan fingerprint density at radius 3 is 2.96 bits per heavy atom. The Morgan fingerprint density at radius 1 is 1.27 bits per heavy atom. The van der Waals surface area contributed by atoms with Crippen LogP contribution in [0.5, 0.6) is 0 Å². The van der Waals surface area contributed by atoms with Gasteiger partial charge in [-0.1, -0.05) is 6.07 Å². The lowest BCUT2D eigenvalue weighted by molar-refractivity contribution is 0.0933. The van der Waals surface area contributed by atoms with Crippen molar-refractivity contribution < 1.29 is 4.79 Å². The summed E-state index contributed by atoms with van der Waals surface area (Å²) < 4.78 is 3.08. The van der Waals surface area contributed by atoms with Gasteiger partial charge in [-0.25, -0.2) is 9.36 Å². The van der Waals surface area contributed by atoms with E-state index in [2.05, 4.69) is 15.5 Å². The van der Waals surface area contributed by atoms with Crippen molar-refractivity contribution >= 4 is 5.91 Å². The third-order valence-electron chi connectivity index (χ3n) is 4.67. The maximum Gasteiger partial charge on any atom is 0.266 e. The van der Waals surface area contributed by atoms with Gasteiger partial charge in [0.15, 0.2) is 0 Å². The lowest BCUT2D eigenvalue weighted by atomic mass is 9.92. The number of rotatable bonds is 3. The molecule has 1 atom stereocenters. The first-order valence-corrected chi connectivity index (χ1v) is 8.57. The molecular weight excluding hydrogens is 330 g/mol. The summed E-state index contributed by atoms with van der Waals surface area (Å²) in [5, 5.41) is 11.6. The molecule has 0 saturated carbocycles. The lowest BCUT2D eigenvalue weighted by Crippen LogP contribution is -2.40. The van der Waals surface area contributed by atoms with Crippen molar-refractivity contribution in [2.24, 2.45) is 7.05 Å². The molecule has 132 valence electrons. The van der Waals surface area contributed by atoms with Crippen LogP contribution in [0.1, 0.15) is 28.0 Å². The zero-order valence-electron chi connectivity index (χ0n) is 14.4. The van der Waals surface area contributed by atoms with Crippen LogP contribution in [-0.2, 0) is 19.9 Å². The van der Waals surface area contributed by atoms with Gasteiger partial charge in [-0.15, -0.1) is 0 Å². The van der Waals surface area contributed by atoms with Crippen molar-refractivity contribution in [1.29, 1.82) is 0 Å². The van der Waals surface area contributed by atoms with E-state index in [1.807, 2.05) is 30.5 Å². The van der Waals surface area contributed by atoms with Gasteiger partial charge < -0.3 is 5.32 Å². The number of nitrogens with one attached hydrogen (secondary N) is 1. The summed E-state index contributed by atoms with van der Waals surface area (Å²) in [5.74, 6) is -0.121. The standard InChI is InChI=1S/C19H19N5O2/c1-23-18(25)12-14-10-15(6-7-17(14)22-23)21-19(26)13-4-2-5-16(11-13)24-9-3-8-20-24/h2-5,8-9,11-12,15H,6-7,10H2,1H3,(H,21,26). The van der Waals surface area contributed by atoms with Gasteiger partial charge in [0.1, 0.15) is 0 Å². The Hall–Kier alpha value is -3.22. The molecular formula is C19H19N5O2. The molecule has 0 aliphatic heterocycles. The zero-order valence-corrected chi connectivity index (χ0v) is 14.4. The largest absolute Gasteiger partial charge is 0.349 e. The van der Waals surface area contributed by atoms with Gasteiger partial charge in [-0.2, -0.15) is 10.2 Å². The van der Waals surface area contributed by atoms with E-state index in [9.17, 15) is 9.59 Å². The van der Waals surface area contributed by atoms with E-state index in [0.29, 0.717) is 12.0 Å². The highest BCUT2D eigenvalue weighted by atomic mass is 16.1. The molecule has 26 heavy (non-hydrogen) atoms. The second kappa shape index (κ2) is 6.59. The van der Waals surface area contributed by atoms with Gasteiger partial charge in [0, 0.05) is 37.1 Å². The molecule has 1 N–H and O–H groups in total. The second-order valence-electron chi connectivity index (χ2n) is 6.49. The van der Waals surface area contributed by atoms with Crippen molar-refractivity contribution in [2.75, 3.05) is 0 Å². The molecule has 1 aromatic carbocycles. The molecule has 0 radical (unpaired) electrons. The fraction of sp³-hybridized carbons (Fsp3) is 0.263. The molecule has 0 fully saturated rings. The van der Waals surface area contributed by atoms with E-state index in [4.69, 9.17) is 0 Å². The molecule has 2 aromatic heterocycles. The first-order chi connectivity index (χ1) is 12.6. The maximum absolute atomic E-state index is 12.6. The highest BCUT2D eigenvalue weighted by Gasteiger charge is 2.22. The first kappa shape index (κ1) is 16.3. The van der Waals surface area contributed by atoms with Crippen LogP contribution < -0.4 is 10.9 Å². The van der Waals surface area contributed by atoms with Gasteiger partial charge in [-0.05, 0) is 49.1 Å². The van der Waals surface area contributed by atoms with Gasteiger partial charge in [0.2, 0.25) is 0 Å². The number of hydrogen-bond acceptors (Lipinski definition) is 4. The van der Waals surface area contributed by atoms with Crippen LogP contribution in [0.25, 0.3) is 5.69 Å². The Kier molecular flexibility index (Phi) is 4.12. The van der Waals surface area contributed by atoms with E-state index in [1.165, 1.54) is 4.68 Å². The number of carbonyl (C=O) groups is 1. The summed E-state index contributed by atoms with van der Waals surface area (Å²) in [6.45, 7) is 0. The molecule has 2 heterocycles. The smallest absolute Gasteiger partial charge is 0.266 e. The highest BCUT2D eigenvalue weighted by molar-refractivity contribution is 5.95. The molecule has 3 aromatic rings. The van der Waals surface area contributed by atoms with Crippen LogP contribution in [0, 0.1) is 0 Å². The van der Waals surface area contributed by atoms with Gasteiger partial charge in [-0.3, -0.25) is 9.59 Å². The molecule has 0 saturated heterocycles. The molecule has 4 rings (SSSR count). The van der Waals surface area contributed by atoms with Crippen LogP contribution in [0.3, 0.4) is 0 Å². The summed E-state index contributed by atoms with van der Waals surface area (Å²) in [4.78, 5) is 24.4. The van der Waals surface area contributed by atoms with Gasteiger partial charge in [0.25, 0.3) is 11.5 Å². The van der Waals surface area contributed by atoms with E-state index >= 15 is 0 Å². The molecule has 1 amide bonds. The first-order valence-electron chi connectivity index (χ1n) is 8.57. The van der Waals surface area contributed by atoms with Crippen molar-refractivity contribution in [3.8, 4) is 5.69 Å². The summed E-state index contributed by atoms with van der Waals surface area (Å²) in [5.41, 5.74) is 3.17. The molecule has 1 unspecified atom stereocenters. The Morgan fingerprint density at radius 2 is 2.15 bits per heavy atom. The van der Waals surface area contributed by atoms with Gasteiger partial charge in [0.05, 0.1) is 11.4 Å². The molecule has 0 bridgehead atoms.